The Labute approximate surface area is 163 Å². The van der Waals surface area contributed by atoms with Crippen LogP contribution < -0.4 is 16.0 Å². The summed E-state index contributed by atoms with van der Waals surface area (Å²) >= 11 is 0. The molecule has 0 radical (unpaired) electrons. The summed E-state index contributed by atoms with van der Waals surface area (Å²) in [4.78, 5) is 20.4. The van der Waals surface area contributed by atoms with Crippen LogP contribution in [0.4, 0.5) is 17.6 Å². The molecule has 28 heavy (non-hydrogen) atoms. The molecule has 4 rings (SSSR count). The standard InChI is InChI=1S/C20H23N7O/c21-16-6-4-15(5-7-16)18-24-19(23-10-8-17-3-1-2-9-22-17)26-20(25-18)27-11-13-28-14-12-27/h1-7,9H,8,10-14,21H2,(H,23,24,25,26). The number of nitrogen functional groups attached to an aromatic ring is 1. The number of pyridine rings is 1. The lowest BCUT2D eigenvalue weighted by Gasteiger charge is -2.27. The van der Waals surface area contributed by atoms with E-state index in [9.17, 15) is 0 Å². The van der Waals surface area contributed by atoms with E-state index in [1.165, 1.54) is 0 Å². The van der Waals surface area contributed by atoms with Gasteiger partial charge in [-0.2, -0.15) is 15.0 Å². The molecule has 0 aliphatic carbocycles. The molecular formula is C20H23N7O. The molecule has 0 unspecified atom stereocenters. The fourth-order valence-electron chi connectivity index (χ4n) is 2.96. The van der Waals surface area contributed by atoms with Crippen molar-refractivity contribution in [3.8, 4) is 11.4 Å². The Kier molecular flexibility index (Phi) is 5.58. The van der Waals surface area contributed by atoms with Crippen LogP contribution in [0.5, 0.6) is 0 Å². The average Bonchev–Trinajstić information content (AvgIpc) is 2.75. The van der Waals surface area contributed by atoms with Crippen LogP contribution in [0.3, 0.4) is 0 Å². The average molecular weight is 377 g/mol. The molecule has 8 heteroatoms. The number of rotatable bonds is 6. The normalized spacial score (nSPS) is 14.1. The molecule has 0 bridgehead atoms. The SMILES string of the molecule is Nc1ccc(-c2nc(NCCc3ccccn3)nc(N3CCOCC3)n2)cc1. The molecule has 1 aliphatic rings. The van der Waals surface area contributed by atoms with Gasteiger partial charge in [0.15, 0.2) is 5.82 Å². The van der Waals surface area contributed by atoms with Crippen LogP contribution in [0.2, 0.25) is 0 Å². The summed E-state index contributed by atoms with van der Waals surface area (Å²) in [5, 5.41) is 3.31. The van der Waals surface area contributed by atoms with Gasteiger partial charge in [0.05, 0.1) is 13.2 Å². The molecule has 1 aromatic carbocycles. The summed E-state index contributed by atoms with van der Waals surface area (Å²) in [6.07, 6.45) is 2.59. The third-order valence-corrected chi connectivity index (χ3v) is 4.48. The summed E-state index contributed by atoms with van der Waals surface area (Å²) in [5.74, 6) is 1.83. The summed E-state index contributed by atoms with van der Waals surface area (Å²) in [6.45, 7) is 3.55. The van der Waals surface area contributed by atoms with E-state index < -0.39 is 0 Å². The first-order valence-corrected chi connectivity index (χ1v) is 9.36. The molecule has 2 aromatic heterocycles. The Morgan fingerprint density at radius 1 is 1.00 bits per heavy atom. The highest BCUT2D eigenvalue weighted by molar-refractivity contribution is 5.61. The number of hydrogen-bond donors (Lipinski definition) is 2. The van der Waals surface area contributed by atoms with E-state index in [1.54, 1.807) is 6.20 Å². The van der Waals surface area contributed by atoms with Crippen molar-refractivity contribution in [2.75, 3.05) is 48.8 Å². The Morgan fingerprint density at radius 2 is 1.82 bits per heavy atom. The zero-order valence-corrected chi connectivity index (χ0v) is 15.6. The minimum atomic E-state index is 0.555. The molecular weight excluding hydrogens is 354 g/mol. The van der Waals surface area contributed by atoms with Crippen molar-refractivity contribution >= 4 is 17.6 Å². The lowest BCUT2D eigenvalue weighted by molar-refractivity contribution is 0.122. The second-order valence-corrected chi connectivity index (χ2v) is 6.50. The van der Waals surface area contributed by atoms with Gasteiger partial charge in [0.1, 0.15) is 0 Å². The van der Waals surface area contributed by atoms with Crippen LogP contribution in [0.1, 0.15) is 5.69 Å². The van der Waals surface area contributed by atoms with Crippen molar-refractivity contribution in [3.63, 3.8) is 0 Å². The quantitative estimate of drug-likeness (QED) is 0.629. The van der Waals surface area contributed by atoms with E-state index in [-0.39, 0.29) is 0 Å². The highest BCUT2D eigenvalue weighted by Gasteiger charge is 2.17. The number of benzene rings is 1. The Bertz CT molecular complexity index is 896. The maximum atomic E-state index is 5.81. The Morgan fingerprint density at radius 3 is 2.57 bits per heavy atom. The van der Waals surface area contributed by atoms with Crippen LogP contribution in [-0.4, -0.2) is 52.8 Å². The van der Waals surface area contributed by atoms with E-state index in [1.807, 2.05) is 42.5 Å². The maximum Gasteiger partial charge on any atom is 0.230 e. The lowest BCUT2D eigenvalue weighted by Crippen LogP contribution is -2.37. The Hall–Kier alpha value is -3.26. The first kappa shape index (κ1) is 18.1. The molecule has 0 atom stereocenters. The number of nitrogens with one attached hydrogen (secondary N) is 1. The minimum absolute atomic E-state index is 0.555. The van der Waals surface area contributed by atoms with Crippen LogP contribution in [0.25, 0.3) is 11.4 Å². The number of aromatic nitrogens is 4. The van der Waals surface area contributed by atoms with Gasteiger partial charge < -0.3 is 20.7 Å². The summed E-state index contributed by atoms with van der Waals surface area (Å²) < 4.78 is 5.44. The predicted octanol–water partition coefficient (Wildman–Crippen LogP) is 2.01. The molecule has 144 valence electrons. The minimum Gasteiger partial charge on any atom is -0.399 e. The van der Waals surface area contributed by atoms with E-state index in [0.29, 0.717) is 43.2 Å². The number of nitrogens with zero attached hydrogens (tertiary/aromatic N) is 5. The lowest BCUT2D eigenvalue weighted by atomic mass is 10.2. The van der Waals surface area contributed by atoms with Gasteiger partial charge >= 0.3 is 0 Å². The molecule has 1 aliphatic heterocycles. The van der Waals surface area contributed by atoms with Gasteiger partial charge in [0, 0.05) is 49.2 Å². The zero-order valence-electron chi connectivity index (χ0n) is 15.6. The molecule has 1 saturated heterocycles. The second kappa shape index (κ2) is 8.62. The van der Waals surface area contributed by atoms with Crippen LogP contribution in [-0.2, 0) is 11.2 Å². The first-order valence-electron chi connectivity index (χ1n) is 9.36. The fourth-order valence-corrected chi connectivity index (χ4v) is 2.96. The largest absolute Gasteiger partial charge is 0.399 e. The molecule has 0 amide bonds. The van der Waals surface area contributed by atoms with E-state index >= 15 is 0 Å². The number of nitrogens with two attached hydrogens (primary N) is 1. The smallest absolute Gasteiger partial charge is 0.230 e. The maximum absolute atomic E-state index is 5.81. The fraction of sp³-hybridized carbons (Fsp3) is 0.300. The topological polar surface area (TPSA) is 102 Å². The van der Waals surface area contributed by atoms with Crippen LogP contribution in [0, 0.1) is 0 Å². The van der Waals surface area contributed by atoms with Crippen molar-refractivity contribution in [3.05, 3.63) is 54.4 Å². The summed E-state index contributed by atoms with van der Waals surface area (Å²) in [5.41, 5.74) is 8.44. The van der Waals surface area contributed by atoms with Gasteiger partial charge in [-0.05, 0) is 36.4 Å². The van der Waals surface area contributed by atoms with E-state index in [4.69, 9.17) is 10.5 Å². The molecule has 1 fully saturated rings. The highest BCUT2D eigenvalue weighted by atomic mass is 16.5. The van der Waals surface area contributed by atoms with Crippen molar-refractivity contribution in [2.24, 2.45) is 0 Å². The van der Waals surface area contributed by atoms with Gasteiger partial charge in [-0.25, -0.2) is 0 Å². The van der Waals surface area contributed by atoms with Gasteiger partial charge in [0.25, 0.3) is 0 Å². The highest BCUT2D eigenvalue weighted by Crippen LogP contribution is 2.21. The van der Waals surface area contributed by atoms with Gasteiger partial charge in [0.2, 0.25) is 11.9 Å². The van der Waals surface area contributed by atoms with E-state index in [0.717, 1.165) is 30.8 Å². The van der Waals surface area contributed by atoms with Crippen molar-refractivity contribution in [1.29, 1.82) is 0 Å². The molecule has 0 spiro atoms. The number of hydrogen-bond acceptors (Lipinski definition) is 8. The van der Waals surface area contributed by atoms with Gasteiger partial charge in [-0.1, -0.05) is 6.07 Å². The monoisotopic (exact) mass is 377 g/mol. The molecule has 3 N–H and O–H groups in total. The summed E-state index contributed by atoms with van der Waals surface area (Å²) in [7, 11) is 0. The molecule has 0 saturated carbocycles. The number of anilines is 3. The molecule has 3 heterocycles. The zero-order chi connectivity index (χ0) is 19.2. The van der Waals surface area contributed by atoms with Crippen molar-refractivity contribution in [1.82, 2.24) is 19.9 Å². The Balaban J connectivity index is 1.56. The number of ether oxygens (including phenoxy) is 1. The third kappa shape index (κ3) is 4.52. The number of morpholine rings is 1. The van der Waals surface area contributed by atoms with Gasteiger partial charge in [-0.15, -0.1) is 0 Å². The molecule has 8 nitrogen and oxygen atoms in total. The van der Waals surface area contributed by atoms with Crippen molar-refractivity contribution in [2.45, 2.75) is 6.42 Å². The van der Waals surface area contributed by atoms with Crippen LogP contribution >= 0.6 is 0 Å². The second-order valence-electron chi connectivity index (χ2n) is 6.50. The van der Waals surface area contributed by atoms with E-state index in [2.05, 4.69) is 30.2 Å². The third-order valence-electron chi connectivity index (χ3n) is 4.48. The van der Waals surface area contributed by atoms with Gasteiger partial charge in [-0.3, -0.25) is 4.98 Å². The van der Waals surface area contributed by atoms with Crippen LogP contribution in [0.15, 0.2) is 48.7 Å². The molecule has 3 aromatic rings. The predicted molar refractivity (Wildman–Crippen MR) is 109 cm³/mol. The van der Waals surface area contributed by atoms with Crippen molar-refractivity contribution < 1.29 is 4.74 Å². The summed E-state index contributed by atoms with van der Waals surface area (Å²) in [6, 6.07) is 13.5. The first-order chi connectivity index (χ1) is 13.8.